The highest BCUT2D eigenvalue weighted by Gasteiger charge is 2.30. The first-order valence-electron chi connectivity index (χ1n) is 7.54. The number of anilines is 1. The quantitative estimate of drug-likeness (QED) is 0.859. The van der Waals surface area contributed by atoms with Gasteiger partial charge in [0.25, 0.3) is 5.91 Å². The van der Waals surface area contributed by atoms with E-state index in [-0.39, 0.29) is 12.0 Å². The molecule has 2 aromatic rings. The molecule has 1 amide bonds. The molecule has 3 heterocycles. The van der Waals surface area contributed by atoms with Crippen molar-refractivity contribution in [1.82, 2.24) is 14.9 Å². The Bertz CT molecular complexity index is 701. The van der Waals surface area contributed by atoms with Crippen molar-refractivity contribution in [1.29, 1.82) is 0 Å². The molecule has 1 aliphatic rings. The molecule has 6 nitrogen and oxygen atoms in total. The largest absolute Gasteiger partial charge is 0.485 e. The van der Waals surface area contributed by atoms with Gasteiger partial charge in [-0.2, -0.15) is 0 Å². The maximum atomic E-state index is 12.5. The lowest BCUT2D eigenvalue weighted by Gasteiger charge is -2.20. The summed E-state index contributed by atoms with van der Waals surface area (Å²) in [5.41, 5.74) is 2.51. The van der Waals surface area contributed by atoms with Crippen molar-refractivity contribution in [2.45, 2.75) is 19.4 Å². The highest BCUT2D eigenvalue weighted by atomic mass is 32.1. The first kappa shape index (κ1) is 15.7. The average Bonchev–Trinajstić information content (AvgIpc) is 3.16. The Labute approximate surface area is 139 Å². The lowest BCUT2D eigenvalue weighted by atomic mass is 10.3. The maximum absolute atomic E-state index is 12.5. The number of likely N-dealkylation sites (tertiary alicyclic amines) is 1. The Morgan fingerprint density at radius 1 is 1.43 bits per heavy atom. The van der Waals surface area contributed by atoms with E-state index in [1.165, 1.54) is 11.3 Å². The second-order valence-corrected chi connectivity index (χ2v) is 6.62. The number of carbonyl (C=O) groups excluding carboxylic acids is 1. The predicted octanol–water partition coefficient (Wildman–Crippen LogP) is 2.21. The van der Waals surface area contributed by atoms with Crippen LogP contribution in [0, 0.1) is 6.92 Å². The summed E-state index contributed by atoms with van der Waals surface area (Å²) in [6.07, 6.45) is 2.57. The number of ether oxygens (including phenoxy) is 1. The maximum Gasteiger partial charge on any atom is 0.265 e. The zero-order valence-electron chi connectivity index (χ0n) is 13.5. The molecule has 1 fully saturated rings. The van der Waals surface area contributed by atoms with E-state index >= 15 is 0 Å². The van der Waals surface area contributed by atoms with Gasteiger partial charge in [0, 0.05) is 33.3 Å². The standard InChI is InChI=1S/C16H20N4O2S/c1-11-14(23-10-18-11)16(21)20-8-6-12(9-20)22-13-5-4-7-17-15(13)19(2)3/h4-5,7,10,12H,6,8-9H2,1-3H3/t12-/m0/s1. The zero-order chi connectivity index (χ0) is 16.4. The van der Waals surface area contributed by atoms with Crippen LogP contribution in [-0.4, -0.2) is 54.1 Å². The Morgan fingerprint density at radius 3 is 2.96 bits per heavy atom. The molecule has 0 aliphatic carbocycles. The third-order valence-electron chi connectivity index (χ3n) is 3.84. The van der Waals surface area contributed by atoms with Gasteiger partial charge in [-0.1, -0.05) is 0 Å². The fourth-order valence-electron chi connectivity index (χ4n) is 2.65. The van der Waals surface area contributed by atoms with E-state index in [9.17, 15) is 4.79 Å². The lowest BCUT2D eigenvalue weighted by Crippen LogP contribution is -2.31. The summed E-state index contributed by atoms with van der Waals surface area (Å²) < 4.78 is 6.09. The zero-order valence-corrected chi connectivity index (χ0v) is 14.3. The number of thiazole rings is 1. The molecule has 3 rings (SSSR count). The molecule has 0 radical (unpaired) electrons. The van der Waals surface area contributed by atoms with Crippen molar-refractivity contribution >= 4 is 23.1 Å². The average molecular weight is 332 g/mol. The fourth-order valence-corrected chi connectivity index (χ4v) is 3.42. The summed E-state index contributed by atoms with van der Waals surface area (Å²) in [6, 6.07) is 3.78. The molecule has 23 heavy (non-hydrogen) atoms. The molecule has 0 aromatic carbocycles. The van der Waals surface area contributed by atoms with Crippen LogP contribution >= 0.6 is 11.3 Å². The van der Waals surface area contributed by atoms with Crippen LogP contribution in [0.3, 0.4) is 0 Å². The van der Waals surface area contributed by atoms with Gasteiger partial charge in [0.1, 0.15) is 11.0 Å². The first-order chi connectivity index (χ1) is 11.1. The van der Waals surface area contributed by atoms with Gasteiger partial charge in [-0.3, -0.25) is 4.79 Å². The molecule has 0 N–H and O–H groups in total. The number of aromatic nitrogens is 2. The molecule has 122 valence electrons. The van der Waals surface area contributed by atoms with Crippen LogP contribution in [-0.2, 0) is 0 Å². The van der Waals surface area contributed by atoms with Gasteiger partial charge in [0.05, 0.1) is 17.7 Å². The van der Waals surface area contributed by atoms with Crippen LogP contribution in [0.1, 0.15) is 21.8 Å². The molecule has 7 heteroatoms. The van der Waals surface area contributed by atoms with Gasteiger partial charge in [0.15, 0.2) is 11.6 Å². The van der Waals surface area contributed by atoms with E-state index in [2.05, 4.69) is 9.97 Å². The fraction of sp³-hybridized carbons (Fsp3) is 0.438. The van der Waals surface area contributed by atoms with Crippen LogP contribution in [0.2, 0.25) is 0 Å². The van der Waals surface area contributed by atoms with Gasteiger partial charge in [0.2, 0.25) is 0 Å². The van der Waals surface area contributed by atoms with E-state index in [4.69, 9.17) is 4.74 Å². The van der Waals surface area contributed by atoms with E-state index in [0.717, 1.165) is 28.6 Å². The topological polar surface area (TPSA) is 58.6 Å². The number of carbonyl (C=O) groups is 1. The summed E-state index contributed by atoms with van der Waals surface area (Å²) in [4.78, 5) is 25.5. The summed E-state index contributed by atoms with van der Waals surface area (Å²) in [5, 5.41) is 0. The van der Waals surface area contributed by atoms with Crippen molar-refractivity contribution in [2.75, 3.05) is 32.1 Å². The molecule has 1 aliphatic heterocycles. The Hall–Kier alpha value is -2.15. The molecule has 0 saturated carbocycles. The molecule has 1 saturated heterocycles. The molecule has 0 unspecified atom stereocenters. The third-order valence-corrected chi connectivity index (χ3v) is 4.76. The van der Waals surface area contributed by atoms with Gasteiger partial charge < -0.3 is 14.5 Å². The summed E-state index contributed by atoms with van der Waals surface area (Å²) in [7, 11) is 3.87. The molecule has 2 aromatic heterocycles. The van der Waals surface area contributed by atoms with E-state index in [1.807, 2.05) is 43.0 Å². The van der Waals surface area contributed by atoms with Crippen LogP contribution in [0.4, 0.5) is 5.82 Å². The second kappa shape index (κ2) is 6.54. The monoisotopic (exact) mass is 332 g/mol. The molecule has 1 atom stereocenters. The first-order valence-corrected chi connectivity index (χ1v) is 8.42. The second-order valence-electron chi connectivity index (χ2n) is 5.77. The van der Waals surface area contributed by atoms with Gasteiger partial charge in [-0.25, -0.2) is 9.97 Å². The van der Waals surface area contributed by atoms with Crippen molar-refractivity contribution in [2.24, 2.45) is 0 Å². The minimum absolute atomic E-state index is 0.00456. The normalized spacial score (nSPS) is 17.3. The Kier molecular flexibility index (Phi) is 4.47. The summed E-state index contributed by atoms with van der Waals surface area (Å²) in [6.45, 7) is 3.17. The van der Waals surface area contributed by atoms with Crippen LogP contribution in [0.5, 0.6) is 5.75 Å². The number of pyridine rings is 1. The minimum atomic E-state index is -0.00456. The van der Waals surface area contributed by atoms with E-state index in [1.54, 1.807) is 11.7 Å². The molecular weight excluding hydrogens is 312 g/mol. The Balaban J connectivity index is 1.67. The van der Waals surface area contributed by atoms with Crippen molar-refractivity contribution in [3.05, 3.63) is 34.4 Å². The number of hydrogen-bond donors (Lipinski definition) is 0. The van der Waals surface area contributed by atoms with Crippen LogP contribution < -0.4 is 9.64 Å². The number of aryl methyl sites for hydroxylation is 1. The van der Waals surface area contributed by atoms with Crippen LogP contribution in [0.15, 0.2) is 23.8 Å². The number of amides is 1. The van der Waals surface area contributed by atoms with Crippen molar-refractivity contribution in [3.8, 4) is 5.75 Å². The van der Waals surface area contributed by atoms with Gasteiger partial charge in [-0.15, -0.1) is 11.3 Å². The highest BCUT2D eigenvalue weighted by Crippen LogP contribution is 2.27. The SMILES string of the molecule is Cc1ncsc1C(=O)N1CC[C@H](Oc2cccnc2N(C)C)C1. The smallest absolute Gasteiger partial charge is 0.265 e. The van der Waals surface area contributed by atoms with E-state index < -0.39 is 0 Å². The molecule has 0 bridgehead atoms. The van der Waals surface area contributed by atoms with Crippen molar-refractivity contribution < 1.29 is 9.53 Å². The lowest BCUT2D eigenvalue weighted by molar-refractivity contribution is 0.0776. The van der Waals surface area contributed by atoms with Gasteiger partial charge in [-0.05, 0) is 19.1 Å². The Morgan fingerprint density at radius 2 is 2.26 bits per heavy atom. The highest BCUT2D eigenvalue weighted by molar-refractivity contribution is 7.11. The van der Waals surface area contributed by atoms with E-state index in [0.29, 0.717) is 13.1 Å². The van der Waals surface area contributed by atoms with Crippen molar-refractivity contribution in [3.63, 3.8) is 0 Å². The number of rotatable bonds is 4. The van der Waals surface area contributed by atoms with Crippen LogP contribution in [0.25, 0.3) is 0 Å². The summed E-state index contributed by atoms with van der Waals surface area (Å²) in [5.74, 6) is 1.61. The van der Waals surface area contributed by atoms with Gasteiger partial charge >= 0.3 is 0 Å². The number of nitrogens with zero attached hydrogens (tertiary/aromatic N) is 4. The minimum Gasteiger partial charge on any atom is -0.485 e. The molecule has 0 spiro atoms. The summed E-state index contributed by atoms with van der Waals surface area (Å²) >= 11 is 1.40. The third kappa shape index (κ3) is 3.29. The predicted molar refractivity (Wildman–Crippen MR) is 90.4 cm³/mol. The number of hydrogen-bond acceptors (Lipinski definition) is 6. The molecular formula is C16H20N4O2S.